The number of benzene rings is 1. The van der Waals surface area contributed by atoms with Crippen LogP contribution in [0.1, 0.15) is 38.2 Å². The Morgan fingerprint density at radius 1 is 1.10 bits per heavy atom. The van der Waals surface area contributed by atoms with Crippen molar-refractivity contribution in [2.45, 2.75) is 44.8 Å². The molecular formula is C16H17F3O2. The van der Waals surface area contributed by atoms with E-state index in [2.05, 4.69) is 0 Å². The summed E-state index contributed by atoms with van der Waals surface area (Å²) in [5.41, 5.74) is -1.09. The molecule has 0 heterocycles. The Hall–Kier alpha value is -1.49. The smallest absolute Gasteiger partial charge is 0.200 e. The fraction of sp³-hybridized carbons (Fsp3) is 0.500. The van der Waals surface area contributed by atoms with Crippen molar-refractivity contribution in [3.8, 4) is 5.75 Å². The maximum Gasteiger partial charge on any atom is 0.200 e. The number of aromatic hydroxyl groups is 1. The highest BCUT2D eigenvalue weighted by Gasteiger charge is 2.48. The minimum absolute atomic E-state index is 0.0207. The molecule has 2 bridgehead atoms. The third-order valence-electron chi connectivity index (χ3n) is 4.82. The second-order valence-electron chi connectivity index (χ2n) is 6.28. The molecule has 1 N–H and O–H groups in total. The summed E-state index contributed by atoms with van der Waals surface area (Å²) >= 11 is 0. The van der Waals surface area contributed by atoms with E-state index >= 15 is 0 Å². The van der Waals surface area contributed by atoms with E-state index in [1.165, 1.54) is 12.1 Å². The molecule has 21 heavy (non-hydrogen) atoms. The van der Waals surface area contributed by atoms with Gasteiger partial charge in [-0.15, -0.1) is 0 Å². The van der Waals surface area contributed by atoms with Gasteiger partial charge in [0.05, 0.1) is 12.2 Å². The van der Waals surface area contributed by atoms with Gasteiger partial charge in [-0.05, 0) is 43.9 Å². The average molecular weight is 298 g/mol. The molecule has 1 fully saturated rings. The predicted octanol–water partition coefficient (Wildman–Crippen LogP) is 4.37. The van der Waals surface area contributed by atoms with Crippen LogP contribution < -0.4 is 0 Å². The van der Waals surface area contributed by atoms with Gasteiger partial charge in [0, 0.05) is 11.0 Å². The summed E-state index contributed by atoms with van der Waals surface area (Å²) in [6.07, 6.45) is 4.25. The molecular weight excluding hydrogens is 281 g/mol. The van der Waals surface area contributed by atoms with Gasteiger partial charge in [0.1, 0.15) is 5.83 Å². The average Bonchev–Trinajstić information content (AvgIpc) is 2.46. The minimum atomic E-state index is -1.28. The first-order chi connectivity index (χ1) is 9.85. The van der Waals surface area contributed by atoms with Crippen LogP contribution in [0.5, 0.6) is 5.75 Å². The molecule has 0 spiro atoms. The molecule has 0 radical (unpaired) electrons. The lowest BCUT2D eigenvalue weighted by molar-refractivity contribution is -0.0795. The van der Waals surface area contributed by atoms with Crippen molar-refractivity contribution < 1.29 is 23.0 Å². The van der Waals surface area contributed by atoms with Gasteiger partial charge < -0.3 is 9.84 Å². The fourth-order valence-corrected chi connectivity index (χ4v) is 3.11. The summed E-state index contributed by atoms with van der Waals surface area (Å²) in [7, 11) is 0. The molecule has 0 unspecified atom stereocenters. The number of hydrogen-bond acceptors (Lipinski definition) is 2. The van der Waals surface area contributed by atoms with Crippen LogP contribution in [0.4, 0.5) is 13.2 Å². The van der Waals surface area contributed by atoms with E-state index in [-0.39, 0.29) is 23.4 Å². The Balaban J connectivity index is 1.79. The van der Waals surface area contributed by atoms with Gasteiger partial charge in [0.2, 0.25) is 5.82 Å². The third kappa shape index (κ3) is 2.33. The van der Waals surface area contributed by atoms with E-state index in [9.17, 15) is 13.2 Å². The zero-order valence-corrected chi connectivity index (χ0v) is 11.8. The summed E-state index contributed by atoms with van der Waals surface area (Å²) in [6, 6.07) is 2.37. The molecule has 0 aliphatic heterocycles. The quantitative estimate of drug-likeness (QED) is 0.897. The van der Waals surface area contributed by atoms with Gasteiger partial charge in [-0.2, -0.15) is 4.39 Å². The van der Waals surface area contributed by atoms with Gasteiger partial charge in [-0.1, -0.05) is 6.92 Å². The summed E-state index contributed by atoms with van der Waals surface area (Å²) in [4.78, 5) is 0. The molecule has 3 aliphatic carbocycles. The van der Waals surface area contributed by atoms with Gasteiger partial charge in [-0.25, -0.2) is 8.78 Å². The van der Waals surface area contributed by atoms with E-state index in [1.807, 2.05) is 6.92 Å². The molecule has 1 saturated carbocycles. The van der Waals surface area contributed by atoms with Crippen molar-refractivity contribution in [2.24, 2.45) is 5.41 Å². The first-order valence-electron chi connectivity index (χ1n) is 7.04. The van der Waals surface area contributed by atoms with E-state index < -0.39 is 23.0 Å². The van der Waals surface area contributed by atoms with Crippen LogP contribution in [0.15, 0.2) is 24.0 Å². The maximum absolute atomic E-state index is 14.0. The molecule has 0 amide bonds. The van der Waals surface area contributed by atoms with Crippen molar-refractivity contribution in [3.63, 3.8) is 0 Å². The normalized spacial score (nSPS) is 31.3. The van der Waals surface area contributed by atoms with Crippen molar-refractivity contribution in [2.75, 3.05) is 0 Å². The summed E-state index contributed by atoms with van der Waals surface area (Å²) in [5, 5.41) is 9.09. The van der Waals surface area contributed by atoms with Crippen molar-refractivity contribution in [3.05, 3.63) is 41.2 Å². The SMILES string of the molecule is CC12CCC(OCc3ccc(O)c(F)c3F)(C=C1F)CC2. The van der Waals surface area contributed by atoms with Gasteiger partial charge in [-0.3, -0.25) is 0 Å². The zero-order chi connectivity index (χ0) is 15.3. The Bertz CT molecular complexity index is 602. The lowest BCUT2D eigenvalue weighted by Crippen LogP contribution is -2.44. The topological polar surface area (TPSA) is 29.5 Å². The van der Waals surface area contributed by atoms with E-state index in [4.69, 9.17) is 9.84 Å². The lowest BCUT2D eigenvalue weighted by atomic mass is 9.63. The predicted molar refractivity (Wildman–Crippen MR) is 71.3 cm³/mol. The molecule has 3 aliphatic rings. The molecule has 0 aromatic heterocycles. The van der Waals surface area contributed by atoms with Crippen LogP contribution in [0.3, 0.4) is 0 Å². The minimum Gasteiger partial charge on any atom is -0.505 e. The number of rotatable bonds is 3. The third-order valence-corrected chi connectivity index (χ3v) is 4.82. The maximum atomic E-state index is 14.0. The van der Waals surface area contributed by atoms with E-state index in [0.29, 0.717) is 25.7 Å². The van der Waals surface area contributed by atoms with E-state index in [0.717, 1.165) is 6.07 Å². The number of phenols is 1. The lowest BCUT2D eigenvalue weighted by Gasteiger charge is -2.48. The zero-order valence-electron chi connectivity index (χ0n) is 11.8. The summed E-state index contributed by atoms with van der Waals surface area (Å²) in [5.74, 6) is -3.30. The highest BCUT2D eigenvalue weighted by atomic mass is 19.2. The van der Waals surface area contributed by atoms with Gasteiger partial charge in [0.15, 0.2) is 11.6 Å². The molecule has 4 rings (SSSR count). The van der Waals surface area contributed by atoms with Crippen molar-refractivity contribution in [1.82, 2.24) is 0 Å². The van der Waals surface area contributed by atoms with Crippen LogP contribution >= 0.6 is 0 Å². The highest BCUT2D eigenvalue weighted by Crippen LogP contribution is 2.53. The second-order valence-corrected chi connectivity index (χ2v) is 6.28. The van der Waals surface area contributed by atoms with Crippen molar-refractivity contribution in [1.29, 1.82) is 0 Å². The number of allylic oxidation sites excluding steroid dienone is 1. The van der Waals surface area contributed by atoms with Crippen LogP contribution in [0.25, 0.3) is 0 Å². The number of hydrogen-bond donors (Lipinski definition) is 1. The largest absolute Gasteiger partial charge is 0.505 e. The van der Waals surface area contributed by atoms with Crippen LogP contribution in [0, 0.1) is 17.0 Å². The Kier molecular flexibility index (Phi) is 3.28. The molecule has 5 heteroatoms. The molecule has 114 valence electrons. The monoisotopic (exact) mass is 298 g/mol. The summed E-state index contributed by atoms with van der Waals surface area (Å²) in [6.45, 7) is 1.75. The molecule has 0 saturated heterocycles. The van der Waals surface area contributed by atoms with Crippen molar-refractivity contribution >= 4 is 0 Å². The van der Waals surface area contributed by atoms with E-state index in [1.54, 1.807) is 0 Å². The number of ether oxygens (including phenoxy) is 1. The Morgan fingerprint density at radius 2 is 1.76 bits per heavy atom. The molecule has 0 atom stereocenters. The number of phenolic OH excluding ortho intramolecular Hbond substituents is 1. The van der Waals surface area contributed by atoms with Crippen LogP contribution in [0.2, 0.25) is 0 Å². The Morgan fingerprint density at radius 3 is 2.38 bits per heavy atom. The fourth-order valence-electron chi connectivity index (χ4n) is 3.11. The standard InChI is InChI=1S/C16H17F3O2/c1-15-4-6-16(7-5-15,8-12(15)17)21-9-10-2-3-11(20)14(19)13(10)18/h2-3,8,20H,4-7,9H2,1H3. The first-order valence-corrected chi connectivity index (χ1v) is 7.04. The molecule has 2 nitrogen and oxygen atoms in total. The molecule has 1 aromatic carbocycles. The first kappa shape index (κ1) is 14.4. The molecule has 1 aromatic rings. The number of fused-ring (bicyclic) bond motifs is 2. The highest BCUT2D eigenvalue weighted by molar-refractivity contribution is 5.30. The van der Waals surface area contributed by atoms with Gasteiger partial charge >= 0.3 is 0 Å². The Labute approximate surface area is 121 Å². The van der Waals surface area contributed by atoms with Gasteiger partial charge in [0.25, 0.3) is 0 Å². The number of halogens is 3. The summed E-state index contributed by atoms with van der Waals surface area (Å²) < 4.78 is 46.8. The van der Waals surface area contributed by atoms with Crippen LogP contribution in [-0.4, -0.2) is 10.7 Å². The van der Waals surface area contributed by atoms with Crippen LogP contribution in [-0.2, 0) is 11.3 Å². The second kappa shape index (κ2) is 4.77.